The highest BCUT2D eigenvalue weighted by Gasteiger charge is 2.29. The molecule has 1 aromatic rings. The van der Waals surface area contributed by atoms with Gasteiger partial charge in [0.2, 0.25) is 0 Å². The first kappa shape index (κ1) is 15.4. The Morgan fingerprint density at radius 1 is 1.25 bits per heavy atom. The normalized spacial score (nSPS) is 20.8. The van der Waals surface area contributed by atoms with Crippen LogP contribution in [-0.4, -0.2) is 60.3 Å². The van der Waals surface area contributed by atoms with Crippen LogP contribution in [0.25, 0.3) is 0 Å². The third kappa shape index (κ3) is 3.55. The molecule has 0 saturated carbocycles. The third-order valence-corrected chi connectivity index (χ3v) is 3.94. The molecule has 0 amide bonds. The van der Waals surface area contributed by atoms with E-state index in [9.17, 15) is 4.39 Å². The molecule has 1 aromatic carbocycles. The van der Waals surface area contributed by atoms with Gasteiger partial charge in [-0.15, -0.1) is 0 Å². The molecule has 0 aromatic heterocycles. The zero-order chi connectivity index (χ0) is 14.5. The first-order valence-corrected chi connectivity index (χ1v) is 7.20. The van der Waals surface area contributed by atoms with Gasteiger partial charge in [-0.25, -0.2) is 4.39 Å². The van der Waals surface area contributed by atoms with Crippen molar-refractivity contribution < 1.29 is 9.50 Å². The van der Waals surface area contributed by atoms with Gasteiger partial charge in [-0.05, 0) is 13.0 Å². The van der Waals surface area contributed by atoms with Crippen molar-refractivity contribution in [3.63, 3.8) is 0 Å². The van der Waals surface area contributed by atoms with E-state index in [-0.39, 0.29) is 24.5 Å². The van der Waals surface area contributed by atoms with E-state index in [1.54, 1.807) is 6.07 Å². The molecule has 20 heavy (non-hydrogen) atoms. The van der Waals surface area contributed by atoms with Gasteiger partial charge in [-0.3, -0.25) is 9.80 Å². The molecule has 3 N–H and O–H groups in total. The summed E-state index contributed by atoms with van der Waals surface area (Å²) in [6, 6.07) is 6.66. The average molecular weight is 281 g/mol. The summed E-state index contributed by atoms with van der Waals surface area (Å²) in [5.41, 5.74) is 6.78. The fourth-order valence-corrected chi connectivity index (χ4v) is 2.93. The number of β-amino-alcohol motifs (C(OH)–C–C–N with tert-alkyl or cyclic N) is 1. The Morgan fingerprint density at radius 2 is 1.90 bits per heavy atom. The second-order valence-corrected chi connectivity index (χ2v) is 5.43. The Bertz CT molecular complexity index is 419. The topological polar surface area (TPSA) is 52.7 Å². The molecule has 0 aliphatic carbocycles. The van der Waals surface area contributed by atoms with Crippen LogP contribution < -0.4 is 5.73 Å². The maximum Gasteiger partial charge on any atom is 0.128 e. The fourth-order valence-electron chi connectivity index (χ4n) is 2.93. The highest BCUT2D eigenvalue weighted by molar-refractivity contribution is 5.23. The van der Waals surface area contributed by atoms with Crippen LogP contribution in [-0.2, 0) is 0 Å². The number of aliphatic hydroxyl groups excluding tert-OH is 1. The lowest BCUT2D eigenvalue weighted by molar-refractivity contribution is 0.0747. The Morgan fingerprint density at radius 3 is 2.45 bits per heavy atom. The molecular formula is C15H24FN3O. The molecular weight excluding hydrogens is 257 g/mol. The highest BCUT2D eigenvalue weighted by Crippen LogP contribution is 2.26. The van der Waals surface area contributed by atoms with Crippen molar-refractivity contribution in [1.82, 2.24) is 9.80 Å². The molecule has 4 nitrogen and oxygen atoms in total. The van der Waals surface area contributed by atoms with Gasteiger partial charge in [0.25, 0.3) is 0 Å². The monoisotopic (exact) mass is 281 g/mol. The summed E-state index contributed by atoms with van der Waals surface area (Å²) in [5, 5.41) is 8.97. The van der Waals surface area contributed by atoms with Gasteiger partial charge in [0.15, 0.2) is 0 Å². The van der Waals surface area contributed by atoms with Crippen LogP contribution in [0.5, 0.6) is 0 Å². The summed E-state index contributed by atoms with van der Waals surface area (Å²) < 4.78 is 14.0. The van der Waals surface area contributed by atoms with Crippen molar-refractivity contribution in [3.8, 4) is 0 Å². The van der Waals surface area contributed by atoms with E-state index in [1.807, 2.05) is 19.1 Å². The number of rotatable bonds is 5. The summed E-state index contributed by atoms with van der Waals surface area (Å²) in [6.07, 6.45) is 0. The smallest absolute Gasteiger partial charge is 0.128 e. The SMILES string of the molecule is CC(N)C(c1ccccc1F)N1CCN(CCO)CC1. The Hall–Kier alpha value is -1.01. The lowest BCUT2D eigenvalue weighted by atomic mass is 9.98. The lowest BCUT2D eigenvalue weighted by Crippen LogP contribution is -2.51. The standard InChI is InChI=1S/C15H24FN3O/c1-12(17)15(13-4-2-3-5-14(13)16)19-8-6-18(7-9-19)10-11-20/h2-5,12,15,20H,6-11,17H2,1H3. The van der Waals surface area contributed by atoms with Crippen molar-refractivity contribution in [2.75, 3.05) is 39.3 Å². The van der Waals surface area contributed by atoms with E-state index in [0.29, 0.717) is 12.1 Å². The van der Waals surface area contributed by atoms with E-state index in [2.05, 4.69) is 9.80 Å². The molecule has 2 unspecified atom stereocenters. The van der Waals surface area contributed by atoms with Crippen molar-refractivity contribution in [1.29, 1.82) is 0 Å². The van der Waals surface area contributed by atoms with Crippen molar-refractivity contribution >= 4 is 0 Å². The van der Waals surface area contributed by atoms with Crippen molar-refractivity contribution in [2.45, 2.75) is 19.0 Å². The van der Waals surface area contributed by atoms with Crippen molar-refractivity contribution in [2.24, 2.45) is 5.73 Å². The minimum atomic E-state index is -0.187. The fraction of sp³-hybridized carbons (Fsp3) is 0.600. The van der Waals surface area contributed by atoms with Gasteiger partial charge in [0, 0.05) is 44.3 Å². The zero-order valence-corrected chi connectivity index (χ0v) is 12.0. The maximum atomic E-state index is 14.0. The first-order valence-electron chi connectivity index (χ1n) is 7.20. The molecule has 0 bridgehead atoms. The number of aliphatic hydroxyl groups is 1. The van der Waals surface area contributed by atoms with Gasteiger partial charge in [-0.2, -0.15) is 0 Å². The molecule has 1 aliphatic heterocycles. The molecule has 1 aliphatic rings. The average Bonchev–Trinajstić information content (AvgIpc) is 2.43. The Balaban J connectivity index is 2.09. The van der Waals surface area contributed by atoms with Gasteiger partial charge in [0.05, 0.1) is 12.6 Å². The van der Waals surface area contributed by atoms with E-state index in [0.717, 1.165) is 26.2 Å². The summed E-state index contributed by atoms with van der Waals surface area (Å²) in [4.78, 5) is 4.47. The largest absolute Gasteiger partial charge is 0.395 e. The Kier molecular flexibility index (Phi) is 5.48. The van der Waals surface area contributed by atoms with Crippen LogP contribution in [0.3, 0.4) is 0 Å². The molecule has 5 heteroatoms. The third-order valence-electron chi connectivity index (χ3n) is 3.94. The van der Waals surface area contributed by atoms with Crippen LogP contribution in [0.15, 0.2) is 24.3 Å². The van der Waals surface area contributed by atoms with Crippen LogP contribution >= 0.6 is 0 Å². The number of benzene rings is 1. The Labute approximate surface area is 120 Å². The predicted octanol–water partition coefficient (Wildman–Crippen LogP) is 0.824. The van der Waals surface area contributed by atoms with Crippen LogP contribution in [0.4, 0.5) is 4.39 Å². The molecule has 0 spiro atoms. The van der Waals surface area contributed by atoms with E-state index in [4.69, 9.17) is 10.8 Å². The minimum Gasteiger partial charge on any atom is -0.395 e. The van der Waals surface area contributed by atoms with Gasteiger partial charge in [-0.1, -0.05) is 18.2 Å². The minimum absolute atomic E-state index is 0.0903. The summed E-state index contributed by atoms with van der Waals surface area (Å²) in [5.74, 6) is -0.187. The first-order chi connectivity index (χ1) is 9.63. The second kappa shape index (κ2) is 7.13. The molecule has 2 atom stereocenters. The second-order valence-electron chi connectivity index (χ2n) is 5.43. The van der Waals surface area contributed by atoms with Gasteiger partial charge in [0.1, 0.15) is 5.82 Å². The lowest BCUT2D eigenvalue weighted by Gasteiger charge is -2.41. The summed E-state index contributed by atoms with van der Waals surface area (Å²) in [6.45, 7) is 6.29. The summed E-state index contributed by atoms with van der Waals surface area (Å²) in [7, 11) is 0. The van der Waals surface area contributed by atoms with E-state index < -0.39 is 0 Å². The number of halogens is 1. The molecule has 0 radical (unpaired) electrons. The summed E-state index contributed by atoms with van der Waals surface area (Å²) >= 11 is 0. The van der Waals surface area contributed by atoms with Crippen LogP contribution in [0.1, 0.15) is 18.5 Å². The van der Waals surface area contributed by atoms with Crippen LogP contribution in [0.2, 0.25) is 0 Å². The molecule has 1 saturated heterocycles. The predicted molar refractivity (Wildman–Crippen MR) is 77.9 cm³/mol. The molecule has 112 valence electrons. The zero-order valence-electron chi connectivity index (χ0n) is 12.0. The van der Waals surface area contributed by atoms with E-state index in [1.165, 1.54) is 6.07 Å². The van der Waals surface area contributed by atoms with Gasteiger partial charge >= 0.3 is 0 Å². The number of hydrogen-bond donors (Lipinski definition) is 2. The number of piperazine rings is 1. The van der Waals surface area contributed by atoms with E-state index >= 15 is 0 Å². The molecule has 1 fully saturated rings. The molecule has 2 rings (SSSR count). The number of nitrogens with zero attached hydrogens (tertiary/aromatic N) is 2. The van der Waals surface area contributed by atoms with Crippen molar-refractivity contribution in [3.05, 3.63) is 35.6 Å². The quantitative estimate of drug-likeness (QED) is 0.839. The highest BCUT2D eigenvalue weighted by atomic mass is 19.1. The van der Waals surface area contributed by atoms with Crippen LogP contribution in [0, 0.1) is 5.82 Å². The van der Waals surface area contributed by atoms with Gasteiger partial charge < -0.3 is 10.8 Å². The number of hydrogen-bond acceptors (Lipinski definition) is 4. The molecule has 1 heterocycles. The maximum absolute atomic E-state index is 14.0. The number of nitrogens with two attached hydrogens (primary N) is 1.